The minimum atomic E-state index is -2.32. The number of furan rings is 1. The summed E-state index contributed by atoms with van der Waals surface area (Å²) in [7, 11) is 3.19. The van der Waals surface area contributed by atoms with E-state index in [-0.39, 0.29) is 22.9 Å². The normalized spacial score (nSPS) is 11.0. The molecule has 0 spiro atoms. The average molecular weight is 524 g/mol. The predicted octanol–water partition coefficient (Wildman–Crippen LogP) is 3.83. The average Bonchev–Trinajstić information content (AvgIpc) is 3.57. The van der Waals surface area contributed by atoms with Crippen LogP contribution in [0.5, 0.6) is 5.75 Å². The van der Waals surface area contributed by atoms with Crippen molar-refractivity contribution in [3.8, 4) is 5.75 Å². The Morgan fingerprint density at radius 1 is 0.865 bits per heavy atom. The van der Waals surface area contributed by atoms with E-state index in [4.69, 9.17) is 9.15 Å². The molecule has 0 saturated carbocycles. The molecule has 0 aliphatic carbocycles. The van der Waals surface area contributed by atoms with Crippen molar-refractivity contribution in [2.75, 3.05) is 10.6 Å². The van der Waals surface area contributed by atoms with Gasteiger partial charge in [0.05, 0.1) is 29.5 Å². The molecule has 0 bridgehead atoms. The van der Waals surface area contributed by atoms with Crippen LogP contribution in [0.15, 0.2) is 28.9 Å². The fourth-order valence-electron chi connectivity index (χ4n) is 3.22. The Balaban J connectivity index is 1.46. The number of nitrogens with one attached hydrogen (secondary N) is 2. The summed E-state index contributed by atoms with van der Waals surface area (Å²) in [5.41, 5.74) is 1.20. The summed E-state index contributed by atoms with van der Waals surface area (Å²) < 4.78 is 80.1. The smallest absolute Gasteiger partial charge is 0.291 e. The highest BCUT2D eigenvalue weighted by atomic mass is 19.2. The summed E-state index contributed by atoms with van der Waals surface area (Å²) in [5, 5.41) is 13.1. The topological polar surface area (TPSA) is 116 Å². The van der Waals surface area contributed by atoms with E-state index in [0.717, 1.165) is 0 Å². The Hall–Kier alpha value is -4.69. The zero-order chi connectivity index (χ0) is 27.0. The van der Waals surface area contributed by atoms with Crippen molar-refractivity contribution < 1.29 is 40.7 Å². The van der Waals surface area contributed by atoms with Crippen LogP contribution in [0.2, 0.25) is 0 Å². The lowest BCUT2D eigenvalue weighted by Crippen LogP contribution is -2.20. The molecule has 0 aliphatic rings. The van der Waals surface area contributed by atoms with Gasteiger partial charge in [0, 0.05) is 14.1 Å². The second-order valence-corrected chi connectivity index (χ2v) is 7.66. The first-order valence-corrected chi connectivity index (χ1v) is 10.4. The molecular formula is C22H17F5N6O4. The maximum Gasteiger partial charge on any atom is 0.291 e. The molecule has 4 aromatic rings. The second-order valence-electron chi connectivity index (χ2n) is 7.66. The Bertz CT molecular complexity index is 1500. The number of aryl methyl sites for hydroxylation is 2. The lowest BCUT2D eigenvalue weighted by Gasteiger charge is -2.09. The van der Waals surface area contributed by atoms with E-state index in [2.05, 4.69) is 20.8 Å². The molecule has 3 aromatic heterocycles. The zero-order valence-corrected chi connectivity index (χ0v) is 19.3. The van der Waals surface area contributed by atoms with Crippen molar-refractivity contribution in [3.63, 3.8) is 0 Å². The van der Waals surface area contributed by atoms with Crippen molar-refractivity contribution in [2.45, 2.75) is 13.5 Å². The Morgan fingerprint density at radius 3 is 2.05 bits per heavy atom. The lowest BCUT2D eigenvalue weighted by atomic mass is 10.2. The van der Waals surface area contributed by atoms with Crippen LogP contribution in [0.1, 0.15) is 32.5 Å². The highest BCUT2D eigenvalue weighted by Gasteiger charge is 2.27. The number of nitrogens with zero attached hydrogens (tertiary/aromatic N) is 4. The van der Waals surface area contributed by atoms with Crippen molar-refractivity contribution in [2.24, 2.45) is 14.1 Å². The van der Waals surface area contributed by atoms with Crippen LogP contribution in [0.25, 0.3) is 0 Å². The maximum atomic E-state index is 13.8. The Morgan fingerprint density at radius 2 is 1.43 bits per heavy atom. The molecule has 2 amide bonds. The number of carbonyl (C=O) groups excluding carboxylic acids is 2. The van der Waals surface area contributed by atoms with Gasteiger partial charge >= 0.3 is 0 Å². The third kappa shape index (κ3) is 4.74. The van der Waals surface area contributed by atoms with E-state index in [0.29, 0.717) is 11.4 Å². The summed E-state index contributed by atoms with van der Waals surface area (Å²) >= 11 is 0. The molecule has 2 N–H and O–H groups in total. The molecule has 15 heteroatoms. The Labute approximate surface area is 204 Å². The van der Waals surface area contributed by atoms with Gasteiger partial charge in [0.2, 0.25) is 29.1 Å². The third-order valence-corrected chi connectivity index (χ3v) is 5.30. The summed E-state index contributed by atoms with van der Waals surface area (Å²) in [6.45, 7) is 0.995. The van der Waals surface area contributed by atoms with Gasteiger partial charge in [-0.15, -0.1) is 0 Å². The van der Waals surface area contributed by atoms with E-state index < -0.39 is 53.3 Å². The monoisotopic (exact) mass is 524 g/mol. The lowest BCUT2D eigenvalue weighted by molar-refractivity contribution is 0.0992. The molecule has 3 heterocycles. The number of ether oxygens (including phenoxy) is 1. The molecule has 0 aliphatic heterocycles. The van der Waals surface area contributed by atoms with Crippen LogP contribution in [0.4, 0.5) is 33.3 Å². The molecule has 0 unspecified atom stereocenters. The van der Waals surface area contributed by atoms with Gasteiger partial charge in [0.15, 0.2) is 11.5 Å². The van der Waals surface area contributed by atoms with Crippen LogP contribution >= 0.6 is 0 Å². The number of benzene rings is 1. The van der Waals surface area contributed by atoms with Crippen LogP contribution in [0.3, 0.4) is 0 Å². The number of anilines is 2. The van der Waals surface area contributed by atoms with E-state index >= 15 is 0 Å². The largest absolute Gasteiger partial charge is 0.479 e. The first kappa shape index (κ1) is 25.4. The molecule has 4 rings (SSSR count). The van der Waals surface area contributed by atoms with Gasteiger partial charge in [-0.2, -0.15) is 19.0 Å². The van der Waals surface area contributed by atoms with Gasteiger partial charge in [0.25, 0.3) is 11.8 Å². The summed E-state index contributed by atoms with van der Waals surface area (Å²) in [5.74, 6) is -14.3. The van der Waals surface area contributed by atoms with Crippen molar-refractivity contribution in [1.82, 2.24) is 19.6 Å². The van der Waals surface area contributed by atoms with E-state index in [9.17, 15) is 31.5 Å². The van der Waals surface area contributed by atoms with Gasteiger partial charge in [-0.3, -0.25) is 19.0 Å². The van der Waals surface area contributed by atoms with Crippen molar-refractivity contribution >= 4 is 23.2 Å². The molecule has 0 fully saturated rings. The van der Waals surface area contributed by atoms with Crippen LogP contribution < -0.4 is 15.4 Å². The summed E-state index contributed by atoms with van der Waals surface area (Å²) in [6, 6.07) is 2.38. The molecular weight excluding hydrogens is 507 g/mol. The minimum absolute atomic E-state index is 0.0121. The van der Waals surface area contributed by atoms with Gasteiger partial charge < -0.3 is 19.8 Å². The molecule has 1 aromatic carbocycles. The summed E-state index contributed by atoms with van der Waals surface area (Å²) in [6.07, 6.45) is 2.69. The van der Waals surface area contributed by atoms with Gasteiger partial charge in [-0.25, -0.2) is 13.2 Å². The minimum Gasteiger partial charge on any atom is -0.479 e. The number of carbonyl (C=O) groups is 2. The second kappa shape index (κ2) is 9.75. The molecule has 37 heavy (non-hydrogen) atoms. The first-order valence-electron chi connectivity index (χ1n) is 10.4. The molecule has 194 valence electrons. The van der Waals surface area contributed by atoms with Crippen LogP contribution in [0, 0.1) is 36.0 Å². The van der Waals surface area contributed by atoms with E-state index in [1.165, 1.54) is 36.3 Å². The number of amides is 2. The van der Waals surface area contributed by atoms with E-state index in [1.54, 1.807) is 18.7 Å². The number of hydrogen-bond donors (Lipinski definition) is 2. The Kier molecular flexibility index (Phi) is 6.70. The van der Waals surface area contributed by atoms with Crippen LogP contribution in [-0.4, -0.2) is 31.4 Å². The van der Waals surface area contributed by atoms with Gasteiger partial charge in [0.1, 0.15) is 18.1 Å². The predicted molar refractivity (Wildman–Crippen MR) is 116 cm³/mol. The highest BCUT2D eigenvalue weighted by molar-refractivity contribution is 6.11. The highest BCUT2D eigenvalue weighted by Crippen LogP contribution is 2.30. The number of hydrogen-bond acceptors (Lipinski definition) is 6. The first-order chi connectivity index (χ1) is 17.5. The number of aromatic nitrogens is 4. The quantitative estimate of drug-likeness (QED) is 0.216. The molecule has 0 atom stereocenters. The maximum absolute atomic E-state index is 13.8. The van der Waals surface area contributed by atoms with Gasteiger partial charge in [-0.05, 0) is 19.1 Å². The van der Waals surface area contributed by atoms with Crippen molar-refractivity contribution in [1.29, 1.82) is 0 Å². The third-order valence-electron chi connectivity index (χ3n) is 5.30. The van der Waals surface area contributed by atoms with Crippen LogP contribution in [-0.2, 0) is 20.7 Å². The fraction of sp³-hybridized carbons (Fsp3) is 0.182. The number of halogens is 5. The molecule has 0 saturated heterocycles. The SMILES string of the molecule is Cc1c(NC(=O)c2c(NC(=O)c3ccc(COc4c(F)c(F)c(F)c(F)c4F)o3)cnn2C)cnn1C. The molecule has 10 nitrogen and oxygen atoms in total. The molecule has 0 radical (unpaired) electrons. The summed E-state index contributed by atoms with van der Waals surface area (Å²) in [4.78, 5) is 25.5. The fourth-order valence-corrected chi connectivity index (χ4v) is 3.22. The van der Waals surface area contributed by atoms with Crippen molar-refractivity contribution in [3.05, 3.63) is 76.5 Å². The van der Waals surface area contributed by atoms with E-state index in [1.807, 2.05) is 0 Å². The van der Waals surface area contributed by atoms with Gasteiger partial charge in [-0.1, -0.05) is 0 Å². The zero-order valence-electron chi connectivity index (χ0n) is 19.3. The standard InChI is InChI=1S/C22H17F5N6O4/c1-9-11(6-28-32(9)2)30-22(35)19-12(7-29-33(19)3)31-21(34)13-5-4-10(37-13)8-36-20-17(26)15(24)14(23)16(25)18(20)27/h4-7H,8H2,1-3H3,(H,30,35)(H,31,34). The number of rotatable bonds is 7.